The van der Waals surface area contributed by atoms with E-state index in [0.717, 1.165) is 40.3 Å². The summed E-state index contributed by atoms with van der Waals surface area (Å²) in [5.41, 5.74) is 10.2. The number of benzene rings is 5. The Morgan fingerprint density at radius 3 is 2.38 bits per heavy atom. The molecule has 0 spiro atoms. The number of fused-ring (bicyclic) bond motifs is 9. The average molecular weight is 544 g/mol. The molecular weight excluding hydrogens is 514 g/mol. The fraction of sp³-hybridized carbons (Fsp3) is 0.105. The van der Waals surface area contributed by atoms with Crippen LogP contribution in [0.15, 0.2) is 132 Å². The SMILES string of the molecule is CC1(C)c2cc(N(C3=CC=CCN3)c3ccccc3)ccc2-n2c3ccccc3c3c4oc5ccccc5c4cc1c32. The minimum Gasteiger partial charge on any atom is -0.455 e. The minimum atomic E-state index is -0.253. The Balaban J connectivity index is 1.37. The Hall–Kier alpha value is -5.22. The molecule has 0 saturated heterocycles. The standard InChI is InChI=1S/C38H29N3O/c1-38(2)29-22-25(40(24-12-4-3-5-13-24)34-18-10-11-21-39-34)19-20-32(29)41-31-16-8-6-15-27(31)35-36(41)30(38)23-28-26-14-7-9-17-33(26)42-37(28)35/h3-20,22-23,39H,21H2,1-2H3. The fourth-order valence-corrected chi connectivity index (χ4v) is 7.17. The number of furan rings is 1. The summed E-state index contributed by atoms with van der Waals surface area (Å²) >= 11 is 0. The summed E-state index contributed by atoms with van der Waals surface area (Å²) < 4.78 is 9.06. The largest absolute Gasteiger partial charge is 0.455 e. The van der Waals surface area contributed by atoms with E-state index in [9.17, 15) is 0 Å². The Morgan fingerprint density at radius 1 is 0.762 bits per heavy atom. The van der Waals surface area contributed by atoms with Crippen molar-refractivity contribution >= 4 is 55.1 Å². The van der Waals surface area contributed by atoms with Gasteiger partial charge in [0, 0.05) is 39.5 Å². The third-order valence-electron chi connectivity index (χ3n) is 9.15. The van der Waals surface area contributed by atoms with Gasteiger partial charge >= 0.3 is 0 Å². The number of aromatic nitrogens is 1. The van der Waals surface area contributed by atoms with Crippen LogP contribution >= 0.6 is 0 Å². The Bertz CT molecular complexity index is 2280. The van der Waals surface area contributed by atoms with Crippen molar-refractivity contribution in [3.8, 4) is 5.69 Å². The summed E-state index contributed by atoms with van der Waals surface area (Å²) in [5, 5.41) is 8.35. The van der Waals surface area contributed by atoms with Gasteiger partial charge in [0.2, 0.25) is 0 Å². The highest BCUT2D eigenvalue weighted by molar-refractivity contribution is 6.25. The third-order valence-corrected chi connectivity index (χ3v) is 9.15. The molecule has 0 atom stereocenters. The number of para-hydroxylation sites is 3. The van der Waals surface area contributed by atoms with E-state index in [1.807, 2.05) is 0 Å². The summed E-state index contributed by atoms with van der Waals surface area (Å²) in [5.74, 6) is 1.07. The van der Waals surface area contributed by atoms with Crippen LogP contribution in [0.1, 0.15) is 25.0 Å². The van der Waals surface area contributed by atoms with Crippen molar-refractivity contribution in [2.24, 2.45) is 0 Å². The molecule has 2 aliphatic rings. The second-order valence-electron chi connectivity index (χ2n) is 11.8. The first kappa shape index (κ1) is 23.5. The van der Waals surface area contributed by atoms with Crippen LogP contribution in [0.25, 0.3) is 49.4 Å². The number of nitrogens with zero attached hydrogens (tertiary/aromatic N) is 2. The van der Waals surface area contributed by atoms with Crippen LogP contribution < -0.4 is 10.2 Å². The Kier molecular flexibility index (Phi) is 4.70. The smallest absolute Gasteiger partial charge is 0.145 e. The molecule has 2 aliphatic heterocycles. The lowest BCUT2D eigenvalue weighted by atomic mass is 9.74. The van der Waals surface area contributed by atoms with Gasteiger partial charge in [-0.05, 0) is 65.7 Å². The molecule has 1 N–H and O–H groups in total. The molecule has 4 nitrogen and oxygen atoms in total. The molecular formula is C38H29N3O. The predicted octanol–water partition coefficient (Wildman–Crippen LogP) is 9.46. The van der Waals surface area contributed by atoms with Crippen LogP contribution in [0, 0.1) is 0 Å². The summed E-state index contributed by atoms with van der Waals surface area (Å²) in [6, 6.07) is 37.1. The maximum atomic E-state index is 6.59. The molecule has 0 unspecified atom stereocenters. The number of nitrogens with one attached hydrogen (secondary N) is 1. The van der Waals surface area contributed by atoms with Crippen molar-refractivity contribution in [3.63, 3.8) is 0 Å². The lowest BCUT2D eigenvalue weighted by Gasteiger charge is -2.37. The van der Waals surface area contributed by atoms with Gasteiger partial charge in [0.15, 0.2) is 0 Å². The molecule has 4 heteroatoms. The second kappa shape index (κ2) is 8.40. The monoisotopic (exact) mass is 543 g/mol. The molecule has 42 heavy (non-hydrogen) atoms. The van der Waals surface area contributed by atoms with Gasteiger partial charge in [0.05, 0.1) is 22.1 Å². The summed E-state index contributed by atoms with van der Waals surface area (Å²) in [4.78, 5) is 2.32. The molecule has 5 aromatic carbocycles. The van der Waals surface area contributed by atoms with Crippen molar-refractivity contribution in [3.05, 3.63) is 138 Å². The lowest BCUT2D eigenvalue weighted by Crippen LogP contribution is -2.31. The van der Waals surface area contributed by atoms with Gasteiger partial charge in [-0.1, -0.05) is 80.6 Å². The first-order chi connectivity index (χ1) is 20.6. The van der Waals surface area contributed by atoms with Crippen molar-refractivity contribution < 1.29 is 4.42 Å². The van der Waals surface area contributed by atoms with E-state index in [0.29, 0.717) is 0 Å². The highest BCUT2D eigenvalue weighted by Gasteiger charge is 2.37. The Morgan fingerprint density at radius 2 is 1.55 bits per heavy atom. The first-order valence-electron chi connectivity index (χ1n) is 14.6. The van der Waals surface area contributed by atoms with Gasteiger partial charge in [-0.3, -0.25) is 4.90 Å². The Labute approximate surface area is 243 Å². The first-order valence-corrected chi connectivity index (χ1v) is 14.6. The van der Waals surface area contributed by atoms with E-state index >= 15 is 0 Å². The molecule has 0 radical (unpaired) electrons. The van der Waals surface area contributed by atoms with E-state index in [-0.39, 0.29) is 5.41 Å². The highest BCUT2D eigenvalue weighted by Crippen LogP contribution is 2.52. The van der Waals surface area contributed by atoms with Crippen LogP contribution in [0.3, 0.4) is 0 Å². The molecule has 0 aliphatic carbocycles. The van der Waals surface area contributed by atoms with E-state index in [1.165, 1.54) is 44.0 Å². The molecule has 7 aromatic rings. The quantitative estimate of drug-likeness (QED) is 0.241. The van der Waals surface area contributed by atoms with Crippen LogP contribution in [-0.4, -0.2) is 11.1 Å². The second-order valence-corrected chi connectivity index (χ2v) is 11.8. The zero-order chi connectivity index (χ0) is 28.0. The number of allylic oxidation sites excluding steroid dienone is 2. The number of hydrogen-bond donors (Lipinski definition) is 1. The van der Waals surface area contributed by atoms with Crippen molar-refractivity contribution in [1.29, 1.82) is 0 Å². The molecule has 9 rings (SSSR count). The van der Waals surface area contributed by atoms with Crippen LogP contribution in [0.4, 0.5) is 11.4 Å². The molecule has 4 heterocycles. The molecule has 2 aromatic heterocycles. The van der Waals surface area contributed by atoms with Crippen LogP contribution in [0.2, 0.25) is 0 Å². The van der Waals surface area contributed by atoms with Gasteiger partial charge in [-0.15, -0.1) is 0 Å². The van der Waals surface area contributed by atoms with E-state index in [1.54, 1.807) is 0 Å². The van der Waals surface area contributed by atoms with Gasteiger partial charge < -0.3 is 14.3 Å². The zero-order valence-corrected chi connectivity index (χ0v) is 23.6. The predicted molar refractivity (Wildman–Crippen MR) is 174 cm³/mol. The zero-order valence-electron chi connectivity index (χ0n) is 23.6. The van der Waals surface area contributed by atoms with Crippen molar-refractivity contribution in [2.45, 2.75) is 19.3 Å². The maximum absolute atomic E-state index is 6.59. The number of anilines is 2. The topological polar surface area (TPSA) is 33.3 Å². The number of hydrogen-bond acceptors (Lipinski definition) is 3. The minimum absolute atomic E-state index is 0.253. The van der Waals surface area contributed by atoms with Crippen molar-refractivity contribution in [1.82, 2.24) is 9.88 Å². The van der Waals surface area contributed by atoms with Gasteiger partial charge in [-0.2, -0.15) is 0 Å². The van der Waals surface area contributed by atoms with Gasteiger partial charge in [0.1, 0.15) is 17.0 Å². The molecule has 0 bridgehead atoms. The third kappa shape index (κ3) is 3.07. The lowest BCUT2D eigenvalue weighted by molar-refractivity contribution is 0.630. The summed E-state index contributed by atoms with van der Waals surface area (Å²) in [6.45, 7) is 5.54. The number of rotatable bonds is 3. The highest BCUT2D eigenvalue weighted by atomic mass is 16.3. The normalized spacial score (nSPS) is 15.2. The fourth-order valence-electron chi connectivity index (χ4n) is 7.17. The molecule has 0 amide bonds. The average Bonchev–Trinajstić information content (AvgIpc) is 3.57. The molecule has 0 saturated carbocycles. The van der Waals surface area contributed by atoms with Crippen LogP contribution in [0.5, 0.6) is 0 Å². The van der Waals surface area contributed by atoms with Crippen molar-refractivity contribution in [2.75, 3.05) is 11.4 Å². The van der Waals surface area contributed by atoms with Gasteiger partial charge in [-0.25, -0.2) is 0 Å². The summed E-state index contributed by atoms with van der Waals surface area (Å²) in [6.07, 6.45) is 6.42. The van der Waals surface area contributed by atoms with E-state index in [4.69, 9.17) is 4.42 Å². The summed E-state index contributed by atoms with van der Waals surface area (Å²) in [7, 11) is 0. The molecule has 202 valence electrons. The molecule has 0 fully saturated rings. The van der Waals surface area contributed by atoms with E-state index < -0.39 is 0 Å². The van der Waals surface area contributed by atoms with E-state index in [2.05, 4.69) is 150 Å². The van der Waals surface area contributed by atoms with Crippen LogP contribution in [-0.2, 0) is 5.41 Å². The van der Waals surface area contributed by atoms with Gasteiger partial charge in [0.25, 0.3) is 0 Å². The number of dihydropyridines is 1. The maximum Gasteiger partial charge on any atom is 0.145 e.